The van der Waals surface area contributed by atoms with Gasteiger partial charge >= 0.3 is 5.97 Å². The van der Waals surface area contributed by atoms with E-state index in [9.17, 15) is 4.79 Å². The highest BCUT2D eigenvalue weighted by Crippen LogP contribution is 2.22. The highest BCUT2D eigenvalue weighted by atomic mass is 16.4. The van der Waals surface area contributed by atoms with E-state index in [0.717, 1.165) is 16.3 Å². The Kier molecular flexibility index (Phi) is 2.19. The first-order valence-corrected chi connectivity index (χ1v) is 4.83. The van der Waals surface area contributed by atoms with E-state index >= 15 is 0 Å². The van der Waals surface area contributed by atoms with Crippen molar-refractivity contribution in [2.75, 3.05) is 0 Å². The lowest BCUT2D eigenvalue weighted by Gasteiger charge is -2.06. The highest BCUT2D eigenvalue weighted by molar-refractivity contribution is 5.97. The quantitative estimate of drug-likeness (QED) is 0.767. The maximum Gasteiger partial charge on any atom is 0.335 e. The zero-order valence-corrected chi connectivity index (χ0v) is 8.74. The average Bonchev–Trinajstić information content (AvgIpc) is 2.17. The Balaban J connectivity index is 2.80. The van der Waals surface area contributed by atoms with Gasteiger partial charge in [0.25, 0.3) is 0 Å². The van der Waals surface area contributed by atoms with E-state index in [1.807, 2.05) is 32.0 Å². The number of hydrogen-bond donors (Lipinski definition) is 1. The molecule has 0 fully saturated rings. The van der Waals surface area contributed by atoms with Crippen LogP contribution < -0.4 is 0 Å². The number of carbonyl (C=O) groups is 1. The van der Waals surface area contributed by atoms with Gasteiger partial charge in [0.1, 0.15) is 0 Å². The SMILES string of the molecule is Cc1ccc2c(C)c(C(=O)O)ccc2c1. The third-order valence-electron chi connectivity index (χ3n) is 2.68. The average molecular weight is 200 g/mol. The van der Waals surface area contributed by atoms with Gasteiger partial charge in [0.15, 0.2) is 0 Å². The molecule has 0 radical (unpaired) electrons. The molecule has 0 heterocycles. The fourth-order valence-electron chi connectivity index (χ4n) is 1.84. The van der Waals surface area contributed by atoms with Gasteiger partial charge in [-0.05, 0) is 36.2 Å². The second-order valence-corrected chi connectivity index (χ2v) is 3.77. The molecule has 0 atom stereocenters. The molecule has 0 unspecified atom stereocenters. The van der Waals surface area contributed by atoms with Crippen molar-refractivity contribution in [3.63, 3.8) is 0 Å². The van der Waals surface area contributed by atoms with Crippen LogP contribution in [0.15, 0.2) is 30.3 Å². The van der Waals surface area contributed by atoms with Gasteiger partial charge in [0.2, 0.25) is 0 Å². The van der Waals surface area contributed by atoms with Gasteiger partial charge in [-0.15, -0.1) is 0 Å². The van der Waals surface area contributed by atoms with Crippen molar-refractivity contribution >= 4 is 16.7 Å². The molecule has 0 bridgehead atoms. The third kappa shape index (κ3) is 1.59. The van der Waals surface area contributed by atoms with Crippen LogP contribution in [0.4, 0.5) is 0 Å². The Hall–Kier alpha value is -1.83. The maximum atomic E-state index is 10.9. The fraction of sp³-hybridized carbons (Fsp3) is 0.154. The number of aromatic carboxylic acids is 1. The Morgan fingerprint density at radius 1 is 1.13 bits per heavy atom. The van der Waals surface area contributed by atoms with Crippen molar-refractivity contribution in [2.24, 2.45) is 0 Å². The molecule has 15 heavy (non-hydrogen) atoms. The lowest BCUT2D eigenvalue weighted by atomic mass is 9.99. The first-order valence-electron chi connectivity index (χ1n) is 4.83. The molecule has 76 valence electrons. The summed E-state index contributed by atoms with van der Waals surface area (Å²) < 4.78 is 0. The summed E-state index contributed by atoms with van der Waals surface area (Å²) in [6, 6.07) is 9.57. The molecule has 2 rings (SSSR count). The van der Waals surface area contributed by atoms with Crippen LogP contribution in [0.3, 0.4) is 0 Å². The van der Waals surface area contributed by atoms with Gasteiger partial charge in [-0.3, -0.25) is 0 Å². The largest absolute Gasteiger partial charge is 0.478 e. The van der Waals surface area contributed by atoms with E-state index in [-0.39, 0.29) is 0 Å². The second kappa shape index (κ2) is 3.39. The molecule has 0 spiro atoms. The minimum atomic E-state index is -0.866. The molecule has 0 aliphatic carbocycles. The molecule has 0 saturated carbocycles. The summed E-state index contributed by atoms with van der Waals surface area (Å²) in [6.45, 7) is 3.88. The summed E-state index contributed by atoms with van der Waals surface area (Å²) >= 11 is 0. The van der Waals surface area contributed by atoms with Crippen LogP contribution in [0, 0.1) is 13.8 Å². The summed E-state index contributed by atoms with van der Waals surface area (Å²) in [6.07, 6.45) is 0. The maximum absolute atomic E-state index is 10.9. The van der Waals surface area contributed by atoms with E-state index in [0.29, 0.717) is 5.56 Å². The van der Waals surface area contributed by atoms with Crippen LogP contribution >= 0.6 is 0 Å². The van der Waals surface area contributed by atoms with E-state index in [1.165, 1.54) is 5.56 Å². The zero-order valence-electron chi connectivity index (χ0n) is 8.74. The van der Waals surface area contributed by atoms with Crippen LogP contribution in [-0.2, 0) is 0 Å². The van der Waals surface area contributed by atoms with E-state index in [4.69, 9.17) is 5.11 Å². The highest BCUT2D eigenvalue weighted by Gasteiger charge is 2.09. The summed E-state index contributed by atoms with van der Waals surface area (Å²) in [5.74, 6) is -0.866. The van der Waals surface area contributed by atoms with Crippen LogP contribution in [0.5, 0.6) is 0 Å². The lowest BCUT2D eigenvalue weighted by Crippen LogP contribution is -1.99. The van der Waals surface area contributed by atoms with Gasteiger partial charge in [-0.1, -0.05) is 29.8 Å². The first kappa shape index (κ1) is 9.71. The Morgan fingerprint density at radius 2 is 1.87 bits per heavy atom. The molecular weight excluding hydrogens is 188 g/mol. The molecule has 2 nitrogen and oxygen atoms in total. The number of rotatable bonds is 1. The van der Waals surface area contributed by atoms with Crippen molar-refractivity contribution < 1.29 is 9.90 Å². The first-order chi connectivity index (χ1) is 7.09. The van der Waals surface area contributed by atoms with Crippen LogP contribution in [0.1, 0.15) is 21.5 Å². The van der Waals surface area contributed by atoms with Gasteiger partial charge in [-0.2, -0.15) is 0 Å². The third-order valence-corrected chi connectivity index (χ3v) is 2.68. The number of aryl methyl sites for hydroxylation is 2. The molecule has 0 amide bonds. The number of hydrogen-bond acceptors (Lipinski definition) is 1. The van der Waals surface area contributed by atoms with Crippen molar-refractivity contribution in [1.82, 2.24) is 0 Å². The fourth-order valence-corrected chi connectivity index (χ4v) is 1.84. The molecule has 0 saturated heterocycles. The van der Waals surface area contributed by atoms with Crippen molar-refractivity contribution in [1.29, 1.82) is 0 Å². The molecule has 0 aliphatic rings. The lowest BCUT2D eigenvalue weighted by molar-refractivity contribution is 0.0696. The zero-order chi connectivity index (χ0) is 11.0. The van der Waals surface area contributed by atoms with Gasteiger partial charge in [-0.25, -0.2) is 4.79 Å². The molecule has 2 aromatic rings. The molecular formula is C13H12O2. The molecule has 2 aromatic carbocycles. The standard InChI is InChI=1S/C13H12O2/c1-8-3-5-11-9(2)12(13(14)15)6-4-10(11)7-8/h3-7H,1-2H3,(H,14,15). The van der Waals surface area contributed by atoms with Crippen molar-refractivity contribution in [2.45, 2.75) is 13.8 Å². The minimum absolute atomic E-state index is 0.381. The number of carboxylic acids is 1. The van der Waals surface area contributed by atoms with Crippen molar-refractivity contribution in [3.05, 3.63) is 47.0 Å². The van der Waals surface area contributed by atoms with Crippen LogP contribution in [0.2, 0.25) is 0 Å². The van der Waals surface area contributed by atoms with E-state index in [2.05, 4.69) is 6.07 Å². The molecule has 0 aromatic heterocycles. The number of carboxylic acid groups (broad SMARTS) is 1. The van der Waals surface area contributed by atoms with Crippen LogP contribution in [-0.4, -0.2) is 11.1 Å². The minimum Gasteiger partial charge on any atom is -0.478 e. The number of benzene rings is 2. The summed E-state index contributed by atoms with van der Waals surface area (Å²) in [4.78, 5) is 10.9. The Bertz CT molecular complexity index is 541. The normalized spacial score (nSPS) is 10.5. The van der Waals surface area contributed by atoms with Gasteiger partial charge < -0.3 is 5.11 Å². The number of fused-ring (bicyclic) bond motifs is 1. The second-order valence-electron chi connectivity index (χ2n) is 3.77. The molecule has 1 N–H and O–H groups in total. The summed E-state index contributed by atoms with van der Waals surface area (Å²) in [5.41, 5.74) is 2.40. The molecule has 0 aliphatic heterocycles. The van der Waals surface area contributed by atoms with Gasteiger partial charge in [0.05, 0.1) is 5.56 Å². The molecule has 2 heteroatoms. The van der Waals surface area contributed by atoms with E-state index < -0.39 is 5.97 Å². The monoisotopic (exact) mass is 200 g/mol. The van der Waals surface area contributed by atoms with E-state index in [1.54, 1.807) is 6.07 Å². The van der Waals surface area contributed by atoms with Crippen molar-refractivity contribution in [3.8, 4) is 0 Å². The van der Waals surface area contributed by atoms with Crippen LogP contribution in [0.25, 0.3) is 10.8 Å². The topological polar surface area (TPSA) is 37.3 Å². The predicted molar refractivity (Wildman–Crippen MR) is 60.4 cm³/mol. The predicted octanol–water partition coefficient (Wildman–Crippen LogP) is 3.15. The summed E-state index contributed by atoms with van der Waals surface area (Å²) in [7, 11) is 0. The Labute approximate surface area is 88.2 Å². The smallest absolute Gasteiger partial charge is 0.335 e. The summed E-state index contributed by atoms with van der Waals surface area (Å²) in [5, 5.41) is 11.1. The Morgan fingerprint density at radius 3 is 2.53 bits per heavy atom. The van der Waals surface area contributed by atoms with Gasteiger partial charge in [0, 0.05) is 0 Å².